The van der Waals surface area contributed by atoms with Crippen LogP contribution in [0.4, 0.5) is 0 Å². The fourth-order valence-corrected chi connectivity index (χ4v) is 2.64. The molecule has 1 aliphatic heterocycles. The van der Waals surface area contributed by atoms with Gasteiger partial charge in [-0.15, -0.1) is 0 Å². The molecule has 2 rings (SSSR count). The van der Waals surface area contributed by atoms with Gasteiger partial charge in [-0.2, -0.15) is 0 Å². The summed E-state index contributed by atoms with van der Waals surface area (Å²) in [5.41, 5.74) is 1.10. The number of rotatable bonds is 3. The van der Waals surface area contributed by atoms with Crippen molar-refractivity contribution in [3.63, 3.8) is 0 Å². The van der Waals surface area contributed by atoms with E-state index >= 15 is 0 Å². The first-order valence-electron chi connectivity index (χ1n) is 6.27. The summed E-state index contributed by atoms with van der Waals surface area (Å²) in [6.45, 7) is 3.87. The molecule has 1 aromatic rings. The summed E-state index contributed by atoms with van der Waals surface area (Å²) in [7, 11) is 0. The fourth-order valence-electron chi connectivity index (χ4n) is 2.28. The van der Waals surface area contributed by atoms with E-state index < -0.39 is 0 Å². The Kier molecular flexibility index (Phi) is 4.40. The summed E-state index contributed by atoms with van der Waals surface area (Å²) in [6.07, 6.45) is 6.77. The molecule has 1 fully saturated rings. The van der Waals surface area contributed by atoms with Gasteiger partial charge in [0.25, 0.3) is 5.56 Å². The highest BCUT2D eigenvalue weighted by Crippen LogP contribution is 2.14. The minimum absolute atomic E-state index is 0.0986. The van der Waals surface area contributed by atoms with Crippen molar-refractivity contribution in [3.05, 3.63) is 32.7 Å². The molecule has 0 saturated carbocycles. The van der Waals surface area contributed by atoms with Crippen LogP contribution in [0.2, 0.25) is 0 Å². The number of halogens is 1. The lowest BCUT2D eigenvalue weighted by Gasteiger charge is -2.23. The monoisotopic (exact) mass is 298 g/mol. The van der Waals surface area contributed by atoms with Crippen LogP contribution in [0.15, 0.2) is 21.5 Å². The van der Waals surface area contributed by atoms with Gasteiger partial charge in [0.2, 0.25) is 0 Å². The van der Waals surface area contributed by atoms with Gasteiger partial charge in [0.1, 0.15) is 0 Å². The van der Waals surface area contributed by atoms with Crippen LogP contribution in [-0.4, -0.2) is 17.2 Å². The van der Waals surface area contributed by atoms with Crippen molar-refractivity contribution in [2.75, 3.05) is 6.54 Å². The van der Waals surface area contributed by atoms with E-state index in [1.54, 1.807) is 10.6 Å². The van der Waals surface area contributed by atoms with Crippen LogP contribution in [0.1, 0.15) is 31.2 Å². The smallest absolute Gasteiger partial charge is 0.250 e. The molecular formula is C13H19BrN2O. The number of hydrogen-bond donors (Lipinski definition) is 1. The van der Waals surface area contributed by atoms with Gasteiger partial charge in [0.15, 0.2) is 0 Å². The lowest BCUT2D eigenvalue weighted by atomic mass is 10.0. The molecule has 1 N–H and O–H groups in total. The Morgan fingerprint density at radius 3 is 3.06 bits per heavy atom. The third kappa shape index (κ3) is 3.42. The van der Waals surface area contributed by atoms with Gasteiger partial charge in [-0.3, -0.25) is 4.79 Å². The summed E-state index contributed by atoms with van der Waals surface area (Å²) in [6, 6.07) is 2.27. The zero-order chi connectivity index (χ0) is 12.3. The normalized spacial score (nSPS) is 20.5. The Balaban J connectivity index is 1.98. The number of nitrogens with one attached hydrogen (secondary N) is 1. The number of hydrogen-bond acceptors (Lipinski definition) is 2. The van der Waals surface area contributed by atoms with Crippen LogP contribution in [-0.2, 0) is 6.54 Å². The molecule has 94 valence electrons. The summed E-state index contributed by atoms with van der Waals surface area (Å²) >= 11 is 3.47. The lowest BCUT2D eigenvalue weighted by molar-refractivity contribution is 0.365. The minimum Gasteiger partial charge on any atom is -0.314 e. The van der Waals surface area contributed by atoms with E-state index in [1.807, 2.05) is 13.1 Å². The summed E-state index contributed by atoms with van der Waals surface area (Å²) in [4.78, 5) is 11.8. The Morgan fingerprint density at radius 1 is 1.53 bits per heavy atom. The molecular weight excluding hydrogens is 280 g/mol. The molecule has 4 heteroatoms. The summed E-state index contributed by atoms with van der Waals surface area (Å²) < 4.78 is 2.81. The third-order valence-electron chi connectivity index (χ3n) is 3.40. The summed E-state index contributed by atoms with van der Waals surface area (Å²) in [5.74, 6) is 0. The Hall–Kier alpha value is -0.610. The third-order valence-corrected chi connectivity index (χ3v) is 4.23. The molecule has 1 aromatic heterocycles. The quantitative estimate of drug-likeness (QED) is 0.930. The zero-order valence-electron chi connectivity index (χ0n) is 10.2. The van der Waals surface area contributed by atoms with Gasteiger partial charge in [0.05, 0.1) is 0 Å². The van der Waals surface area contributed by atoms with Crippen molar-refractivity contribution in [3.8, 4) is 0 Å². The van der Waals surface area contributed by atoms with Crippen molar-refractivity contribution in [2.24, 2.45) is 0 Å². The van der Waals surface area contributed by atoms with E-state index in [4.69, 9.17) is 0 Å². The highest BCUT2D eigenvalue weighted by atomic mass is 79.9. The van der Waals surface area contributed by atoms with Crippen molar-refractivity contribution in [2.45, 2.75) is 45.2 Å². The van der Waals surface area contributed by atoms with Crippen LogP contribution in [0.5, 0.6) is 0 Å². The molecule has 0 bridgehead atoms. The van der Waals surface area contributed by atoms with E-state index in [0.717, 1.165) is 29.5 Å². The maximum Gasteiger partial charge on any atom is 0.250 e. The highest BCUT2D eigenvalue weighted by molar-refractivity contribution is 9.10. The van der Waals surface area contributed by atoms with Crippen molar-refractivity contribution in [1.82, 2.24) is 9.88 Å². The fraction of sp³-hybridized carbons (Fsp3) is 0.615. The van der Waals surface area contributed by atoms with Gasteiger partial charge in [-0.25, -0.2) is 0 Å². The second-order valence-electron chi connectivity index (χ2n) is 4.77. The number of nitrogens with zero attached hydrogens (tertiary/aromatic N) is 1. The van der Waals surface area contributed by atoms with Crippen LogP contribution in [0, 0.1) is 6.92 Å². The first kappa shape index (κ1) is 12.8. The highest BCUT2D eigenvalue weighted by Gasteiger charge is 2.12. The van der Waals surface area contributed by atoms with Gasteiger partial charge in [-0.1, -0.05) is 6.42 Å². The topological polar surface area (TPSA) is 34.0 Å². The zero-order valence-corrected chi connectivity index (χ0v) is 11.8. The predicted molar refractivity (Wildman–Crippen MR) is 73.4 cm³/mol. The second kappa shape index (κ2) is 5.83. The lowest BCUT2D eigenvalue weighted by Crippen LogP contribution is -2.35. The predicted octanol–water partition coefficient (Wildman–Crippen LogP) is 2.45. The van der Waals surface area contributed by atoms with E-state index in [0.29, 0.717) is 6.04 Å². The molecule has 0 aromatic carbocycles. The largest absolute Gasteiger partial charge is 0.314 e. The molecule has 3 nitrogen and oxygen atoms in total. The molecule has 0 aliphatic carbocycles. The Morgan fingerprint density at radius 2 is 2.35 bits per heavy atom. The number of pyridine rings is 1. The minimum atomic E-state index is 0.0986. The van der Waals surface area contributed by atoms with Gasteiger partial charge in [0, 0.05) is 29.3 Å². The second-order valence-corrected chi connectivity index (χ2v) is 5.63. The first-order valence-corrected chi connectivity index (χ1v) is 7.06. The molecule has 1 unspecified atom stereocenters. The maximum absolute atomic E-state index is 11.8. The molecule has 2 heterocycles. The van der Waals surface area contributed by atoms with E-state index in [-0.39, 0.29) is 5.56 Å². The van der Waals surface area contributed by atoms with Crippen molar-refractivity contribution >= 4 is 15.9 Å². The van der Waals surface area contributed by atoms with Crippen LogP contribution in [0.25, 0.3) is 0 Å². The van der Waals surface area contributed by atoms with Crippen LogP contribution >= 0.6 is 15.9 Å². The first-order chi connectivity index (χ1) is 8.16. The Labute approximate surface area is 110 Å². The number of aryl methyl sites for hydroxylation is 2. The molecule has 0 amide bonds. The van der Waals surface area contributed by atoms with Crippen LogP contribution in [0.3, 0.4) is 0 Å². The molecule has 17 heavy (non-hydrogen) atoms. The van der Waals surface area contributed by atoms with E-state index in [1.165, 1.54) is 19.3 Å². The SMILES string of the molecule is Cc1cc(=O)n(CCC2CCCCN2)cc1Br. The van der Waals surface area contributed by atoms with Crippen molar-refractivity contribution in [1.29, 1.82) is 0 Å². The van der Waals surface area contributed by atoms with E-state index in [2.05, 4.69) is 21.2 Å². The van der Waals surface area contributed by atoms with Gasteiger partial charge >= 0.3 is 0 Å². The van der Waals surface area contributed by atoms with E-state index in [9.17, 15) is 4.79 Å². The average Bonchev–Trinajstić information content (AvgIpc) is 2.33. The number of piperidine rings is 1. The molecule has 0 spiro atoms. The average molecular weight is 299 g/mol. The summed E-state index contributed by atoms with van der Waals surface area (Å²) in [5, 5.41) is 3.51. The van der Waals surface area contributed by atoms with Crippen molar-refractivity contribution < 1.29 is 0 Å². The molecule has 1 saturated heterocycles. The molecule has 0 radical (unpaired) electrons. The Bertz CT molecular complexity index is 436. The van der Waals surface area contributed by atoms with Crippen LogP contribution < -0.4 is 10.9 Å². The molecule has 1 atom stereocenters. The van der Waals surface area contributed by atoms with Gasteiger partial charge in [-0.05, 0) is 54.2 Å². The standard InChI is InChI=1S/C13H19BrN2O/c1-10-8-13(17)16(9-12(10)14)7-5-11-4-2-3-6-15-11/h8-9,11,15H,2-7H2,1H3. The molecule has 1 aliphatic rings. The van der Waals surface area contributed by atoms with Gasteiger partial charge < -0.3 is 9.88 Å². The number of aromatic nitrogens is 1. The maximum atomic E-state index is 11.8.